The van der Waals surface area contributed by atoms with E-state index in [0.29, 0.717) is 19.6 Å². The number of nitrogens with one attached hydrogen (secondary N) is 1. The normalized spacial score (nSPS) is 25.6. The number of hydrogen-bond donors (Lipinski definition) is 1. The van der Waals surface area contributed by atoms with Crippen molar-refractivity contribution in [2.24, 2.45) is 5.92 Å². The molecular weight excluding hydrogens is 208 g/mol. The molecule has 0 radical (unpaired) electrons. The zero-order valence-electron chi connectivity index (χ0n) is 9.95. The first-order chi connectivity index (χ1) is 7.42. The average molecular weight is 226 g/mol. The molecule has 0 spiro atoms. The number of nitrogens with zero attached hydrogens (tertiary/aromatic N) is 1. The molecule has 5 nitrogen and oxygen atoms in total. The standard InChI is InChI=1S/C11H18N2O3/c1-11(2,3)16-10(14)13-9-4-5-15-7-8(9)6-12/h8-9H,4-5,7H2,1-3H3,(H,13,14)/t8-,9-/m1/s1. The fraction of sp³-hybridized carbons (Fsp3) is 0.818. The first-order valence-electron chi connectivity index (χ1n) is 5.39. The van der Waals surface area contributed by atoms with Crippen LogP contribution in [0.3, 0.4) is 0 Å². The van der Waals surface area contributed by atoms with E-state index in [0.717, 1.165) is 0 Å². The third kappa shape index (κ3) is 4.07. The molecule has 0 aromatic rings. The largest absolute Gasteiger partial charge is 0.444 e. The Labute approximate surface area is 95.7 Å². The number of carbonyl (C=O) groups is 1. The van der Waals surface area contributed by atoms with Crippen molar-refractivity contribution in [3.05, 3.63) is 0 Å². The lowest BCUT2D eigenvalue weighted by Gasteiger charge is -2.29. The minimum atomic E-state index is -0.516. The van der Waals surface area contributed by atoms with E-state index in [-0.39, 0.29) is 12.0 Å². The molecular formula is C11H18N2O3. The van der Waals surface area contributed by atoms with Crippen molar-refractivity contribution in [2.75, 3.05) is 13.2 Å². The third-order valence-electron chi connectivity index (χ3n) is 2.22. The lowest BCUT2D eigenvalue weighted by Crippen LogP contribution is -2.46. The summed E-state index contributed by atoms with van der Waals surface area (Å²) in [6, 6.07) is 1.95. The molecule has 1 rings (SSSR count). The van der Waals surface area contributed by atoms with E-state index < -0.39 is 11.7 Å². The molecule has 1 fully saturated rings. The Bertz CT molecular complexity index is 291. The van der Waals surface area contributed by atoms with Crippen LogP contribution in [0.4, 0.5) is 4.79 Å². The van der Waals surface area contributed by atoms with Crippen LogP contribution in [0.5, 0.6) is 0 Å². The maximum atomic E-state index is 11.5. The van der Waals surface area contributed by atoms with Crippen molar-refractivity contribution >= 4 is 6.09 Å². The van der Waals surface area contributed by atoms with Crippen LogP contribution < -0.4 is 5.32 Å². The third-order valence-corrected chi connectivity index (χ3v) is 2.22. The molecule has 2 atom stereocenters. The van der Waals surface area contributed by atoms with Crippen molar-refractivity contribution in [2.45, 2.75) is 38.8 Å². The van der Waals surface area contributed by atoms with E-state index in [9.17, 15) is 4.79 Å². The molecule has 1 aliphatic heterocycles. The summed E-state index contributed by atoms with van der Waals surface area (Å²) in [4.78, 5) is 11.5. The Morgan fingerprint density at radius 2 is 2.25 bits per heavy atom. The monoisotopic (exact) mass is 226 g/mol. The molecule has 0 saturated carbocycles. The SMILES string of the molecule is CC(C)(C)OC(=O)N[C@@H]1CCOC[C@H]1C#N. The molecule has 5 heteroatoms. The van der Waals surface area contributed by atoms with Gasteiger partial charge in [0, 0.05) is 6.61 Å². The molecule has 1 N–H and O–H groups in total. The number of rotatable bonds is 1. The zero-order valence-corrected chi connectivity index (χ0v) is 9.95. The summed E-state index contributed by atoms with van der Waals surface area (Å²) in [5.74, 6) is -0.290. The number of ether oxygens (including phenoxy) is 2. The molecule has 0 bridgehead atoms. The first-order valence-corrected chi connectivity index (χ1v) is 5.39. The second-order valence-electron chi connectivity index (χ2n) is 4.85. The minimum Gasteiger partial charge on any atom is -0.444 e. The van der Waals surface area contributed by atoms with Gasteiger partial charge in [0.2, 0.25) is 0 Å². The van der Waals surface area contributed by atoms with Gasteiger partial charge in [0.05, 0.1) is 24.6 Å². The Kier molecular flexibility index (Phi) is 4.13. The zero-order chi connectivity index (χ0) is 12.2. The highest BCUT2D eigenvalue weighted by Crippen LogP contribution is 2.15. The van der Waals surface area contributed by atoms with Gasteiger partial charge in [-0.05, 0) is 27.2 Å². The fourth-order valence-corrected chi connectivity index (χ4v) is 1.50. The van der Waals surface area contributed by atoms with Gasteiger partial charge in [-0.2, -0.15) is 5.26 Å². The lowest BCUT2D eigenvalue weighted by molar-refractivity contribution is 0.0296. The summed E-state index contributed by atoms with van der Waals surface area (Å²) in [6.45, 7) is 6.35. The predicted octanol–water partition coefficient (Wildman–Crippen LogP) is 1.44. The van der Waals surface area contributed by atoms with Crippen LogP contribution in [-0.4, -0.2) is 30.9 Å². The van der Waals surface area contributed by atoms with Crippen LogP contribution in [0.15, 0.2) is 0 Å². The Hall–Kier alpha value is -1.28. The number of hydrogen-bond acceptors (Lipinski definition) is 4. The highest BCUT2D eigenvalue weighted by molar-refractivity contribution is 5.68. The van der Waals surface area contributed by atoms with Gasteiger partial charge in [-0.15, -0.1) is 0 Å². The van der Waals surface area contributed by atoms with Gasteiger partial charge in [0.15, 0.2) is 0 Å². The summed E-state index contributed by atoms with van der Waals surface area (Å²) in [6.07, 6.45) is 0.178. The summed E-state index contributed by atoms with van der Waals surface area (Å²) >= 11 is 0. The highest BCUT2D eigenvalue weighted by Gasteiger charge is 2.28. The maximum Gasteiger partial charge on any atom is 0.407 e. The number of alkyl carbamates (subject to hydrolysis) is 1. The van der Waals surface area contributed by atoms with E-state index in [1.54, 1.807) is 20.8 Å². The second-order valence-corrected chi connectivity index (χ2v) is 4.85. The van der Waals surface area contributed by atoms with Gasteiger partial charge in [0.25, 0.3) is 0 Å². The van der Waals surface area contributed by atoms with Gasteiger partial charge < -0.3 is 14.8 Å². The molecule has 16 heavy (non-hydrogen) atoms. The summed E-state index contributed by atoms with van der Waals surface area (Å²) in [5.41, 5.74) is -0.516. The van der Waals surface area contributed by atoms with Crippen molar-refractivity contribution in [1.82, 2.24) is 5.32 Å². The van der Waals surface area contributed by atoms with Gasteiger partial charge in [0.1, 0.15) is 5.60 Å². The van der Waals surface area contributed by atoms with Gasteiger partial charge >= 0.3 is 6.09 Å². The smallest absolute Gasteiger partial charge is 0.407 e. The second kappa shape index (κ2) is 5.17. The Morgan fingerprint density at radius 3 is 2.81 bits per heavy atom. The quantitative estimate of drug-likeness (QED) is 0.734. The number of carbonyl (C=O) groups excluding carboxylic acids is 1. The molecule has 1 saturated heterocycles. The molecule has 1 aliphatic rings. The number of nitriles is 1. The fourth-order valence-electron chi connectivity index (χ4n) is 1.50. The van der Waals surface area contributed by atoms with Crippen LogP contribution in [0, 0.1) is 17.2 Å². The van der Waals surface area contributed by atoms with E-state index in [4.69, 9.17) is 14.7 Å². The van der Waals surface area contributed by atoms with Crippen LogP contribution in [0.25, 0.3) is 0 Å². The highest BCUT2D eigenvalue weighted by atomic mass is 16.6. The van der Waals surface area contributed by atoms with E-state index in [2.05, 4.69) is 11.4 Å². The molecule has 0 unspecified atom stereocenters. The lowest BCUT2D eigenvalue weighted by atomic mass is 9.97. The molecule has 0 aromatic heterocycles. The Morgan fingerprint density at radius 1 is 1.56 bits per heavy atom. The first kappa shape index (κ1) is 12.8. The van der Waals surface area contributed by atoms with Crippen molar-refractivity contribution in [3.8, 4) is 6.07 Å². The predicted molar refractivity (Wildman–Crippen MR) is 57.7 cm³/mol. The summed E-state index contributed by atoms with van der Waals surface area (Å²) < 4.78 is 10.3. The maximum absolute atomic E-state index is 11.5. The van der Waals surface area contributed by atoms with Crippen LogP contribution >= 0.6 is 0 Å². The van der Waals surface area contributed by atoms with E-state index >= 15 is 0 Å². The molecule has 90 valence electrons. The van der Waals surface area contributed by atoms with Gasteiger partial charge in [-0.25, -0.2) is 4.79 Å². The van der Waals surface area contributed by atoms with E-state index in [1.807, 2.05) is 0 Å². The number of amides is 1. The van der Waals surface area contributed by atoms with Crippen molar-refractivity contribution < 1.29 is 14.3 Å². The minimum absolute atomic E-state index is 0.173. The van der Waals surface area contributed by atoms with Crippen LogP contribution in [0.2, 0.25) is 0 Å². The average Bonchev–Trinajstić information content (AvgIpc) is 2.15. The van der Waals surface area contributed by atoms with Gasteiger partial charge in [-0.1, -0.05) is 0 Å². The molecule has 0 aromatic carbocycles. The summed E-state index contributed by atoms with van der Waals surface area (Å²) in [5, 5.41) is 11.6. The molecule has 1 amide bonds. The van der Waals surface area contributed by atoms with Crippen LogP contribution in [0.1, 0.15) is 27.2 Å². The van der Waals surface area contributed by atoms with Gasteiger partial charge in [-0.3, -0.25) is 0 Å². The Balaban J connectivity index is 2.46. The van der Waals surface area contributed by atoms with Crippen LogP contribution in [-0.2, 0) is 9.47 Å². The topological polar surface area (TPSA) is 71.3 Å². The summed E-state index contributed by atoms with van der Waals surface area (Å²) in [7, 11) is 0. The molecule has 1 heterocycles. The van der Waals surface area contributed by atoms with E-state index in [1.165, 1.54) is 0 Å². The van der Waals surface area contributed by atoms with Crippen molar-refractivity contribution in [1.29, 1.82) is 5.26 Å². The van der Waals surface area contributed by atoms with Crippen molar-refractivity contribution in [3.63, 3.8) is 0 Å². The molecule has 0 aliphatic carbocycles.